The van der Waals surface area contributed by atoms with Gasteiger partial charge in [-0.15, -0.1) is 5.23 Å². The molecular formula is C22H27NO8. The topological polar surface area (TPSA) is 137 Å². The van der Waals surface area contributed by atoms with Gasteiger partial charge in [-0.25, -0.2) is 9.59 Å². The second kappa shape index (κ2) is 7.30. The fraction of sp³-hybridized carbons (Fsp3) is 0.545. The lowest BCUT2D eigenvalue weighted by atomic mass is 9.46. The molecule has 1 aliphatic heterocycles. The number of nitrogens with zero attached hydrogens (tertiary/aromatic N) is 1. The summed E-state index contributed by atoms with van der Waals surface area (Å²) in [5, 5.41) is 39.8. The molecule has 0 unspecified atom stereocenters. The second-order valence-corrected chi connectivity index (χ2v) is 9.28. The number of fused-ring (bicyclic) bond motifs is 3. The van der Waals surface area contributed by atoms with Gasteiger partial charge in [-0.05, 0) is 48.6 Å². The van der Waals surface area contributed by atoms with Crippen molar-refractivity contribution in [2.24, 2.45) is 16.7 Å². The first-order valence-electron chi connectivity index (χ1n) is 10.3. The van der Waals surface area contributed by atoms with E-state index in [-0.39, 0.29) is 35.3 Å². The van der Waals surface area contributed by atoms with Crippen LogP contribution in [0.2, 0.25) is 0 Å². The molecule has 4 rings (SSSR count). The normalized spacial score (nSPS) is 36.7. The van der Waals surface area contributed by atoms with E-state index in [1.807, 2.05) is 13.8 Å². The van der Waals surface area contributed by atoms with E-state index in [4.69, 9.17) is 19.9 Å². The van der Waals surface area contributed by atoms with Crippen LogP contribution in [0.25, 0.3) is 0 Å². The number of hydrogen-bond acceptors (Lipinski definition) is 9. The van der Waals surface area contributed by atoms with Crippen molar-refractivity contribution in [1.29, 1.82) is 0 Å². The van der Waals surface area contributed by atoms with Crippen LogP contribution in [0.15, 0.2) is 35.9 Å². The van der Waals surface area contributed by atoms with Crippen LogP contribution >= 0.6 is 0 Å². The zero-order valence-corrected chi connectivity index (χ0v) is 17.4. The number of anilines is 1. The minimum atomic E-state index is -1.51. The van der Waals surface area contributed by atoms with Crippen molar-refractivity contribution in [3.8, 4) is 0 Å². The minimum absolute atomic E-state index is 0.0621. The van der Waals surface area contributed by atoms with E-state index in [1.165, 1.54) is 30.3 Å². The number of aliphatic hydroxyl groups excluding tert-OH is 1. The highest BCUT2D eigenvalue weighted by molar-refractivity contribution is 5.94. The van der Waals surface area contributed by atoms with Gasteiger partial charge >= 0.3 is 11.9 Å². The molecule has 0 amide bonds. The van der Waals surface area contributed by atoms with Gasteiger partial charge in [0.2, 0.25) is 0 Å². The zero-order valence-electron chi connectivity index (χ0n) is 17.4. The Kier molecular flexibility index (Phi) is 5.13. The van der Waals surface area contributed by atoms with Crippen LogP contribution in [-0.2, 0) is 14.3 Å². The van der Waals surface area contributed by atoms with Gasteiger partial charge in [-0.1, -0.05) is 20.3 Å². The summed E-state index contributed by atoms with van der Waals surface area (Å²) in [6.07, 6.45) is 2.63. The Morgan fingerprint density at radius 1 is 1.23 bits per heavy atom. The average molecular weight is 433 g/mol. The molecule has 9 heteroatoms. The SMILES string of the molecule is C[C@]1(CO)CCC[C@@]2(C)[C@H]1[C@@H](OC(=O)c1ccc(N(O)O)cc1)C=C1C(=O)OC[C@@]12O. The van der Waals surface area contributed by atoms with Gasteiger partial charge < -0.3 is 19.7 Å². The minimum Gasteiger partial charge on any atom is -0.459 e. The van der Waals surface area contributed by atoms with E-state index in [1.54, 1.807) is 0 Å². The molecule has 4 N–H and O–H groups in total. The number of ether oxygens (including phenoxy) is 2. The van der Waals surface area contributed by atoms with Crippen LogP contribution in [0, 0.1) is 16.7 Å². The van der Waals surface area contributed by atoms with Gasteiger partial charge in [-0.2, -0.15) is 0 Å². The van der Waals surface area contributed by atoms with Crippen LogP contribution in [0.4, 0.5) is 5.69 Å². The lowest BCUT2D eigenvalue weighted by Gasteiger charge is -2.60. The highest BCUT2D eigenvalue weighted by Gasteiger charge is 2.68. The molecule has 9 nitrogen and oxygen atoms in total. The predicted molar refractivity (Wildman–Crippen MR) is 106 cm³/mol. The number of esters is 2. The molecule has 3 aliphatic rings. The summed E-state index contributed by atoms with van der Waals surface area (Å²) in [7, 11) is 0. The number of hydrogen-bond donors (Lipinski definition) is 4. The maximum Gasteiger partial charge on any atom is 0.338 e. The largest absolute Gasteiger partial charge is 0.459 e. The predicted octanol–water partition coefficient (Wildman–Crippen LogP) is 1.83. The quantitative estimate of drug-likeness (QED) is 0.414. The van der Waals surface area contributed by atoms with Gasteiger partial charge in [0.15, 0.2) is 0 Å². The molecule has 1 saturated heterocycles. The molecule has 1 heterocycles. The fourth-order valence-electron chi connectivity index (χ4n) is 5.80. The molecule has 5 atom stereocenters. The molecule has 1 aromatic carbocycles. The summed E-state index contributed by atoms with van der Waals surface area (Å²) in [6, 6.07) is 5.45. The molecule has 2 aliphatic carbocycles. The summed E-state index contributed by atoms with van der Waals surface area (Å²) >= 11 is 0. The van der Waals surface area contributed by atoms with Crippen LogP contribution in [-0.4, -0.2) is 57.5 Å². The smallest absolute Gasteiger partial charge is 0.338 e. The van der Waals surface area contributed by atoms with Crippen molar-refractivity contribution in [3.63, 3.8) is 0 Å². The van der Waals surface area contributed by atoms with Gasteiger partial charge in [0.1, 0.15) is 18.3 Å². The van der Waals surface area contributed by atoms with Crippen LogP contribution in [0.1, 0.15) is 43.5 Å². The molecule has 2 fully saturated rings. The molecule has 1 aromatic rings. The van der Waals surface area contributed by atoms with Gasteiger partial charge in [0, 0.05) is 17.9 Å². The monoisotopic (exact) mass is 433 g/mol. The molecule has 168 valence electrons. The molecule has 0 spiro atoms. The van der Waals surface area contributed by atoms with Crippen LogP contribution in [0.3, 0.4) is 0 Å². The van der Waals surface area contributed by atoms with Gasteiger partial charge in [-0.3, -0.25) is 10.4 Å². The highest BCUT2D eigenvalue weighted by atomic mass is 16.8. The first-order valence-corrected chi connectivity index (χ1v) is 10.3. The summed E-state index contributed by atoms with van der Waals surface area (Å²) < 4.78 is 11.0. The third-order valence-electron chi connectivity index (χ3n) is 7.50. The van der Waals surface area contributed by atoms with Crippen molar-refractivity contribution in [2.45, 2.75) is 44.8 Å². The molecular weight excluding hydrogens is 406 g/mol. The Morgan fingerprint density at radius 3 is 2.52 bits per heavy atom. The lowest BCUT2D eigenvalue weighted by molar-refractivity contribution is -0.185. The first-order chi connectivity index (χ1) is 14.6. The third kappa shape index (κ3) is 3.15. The standard InChI is InChI=1S/C22H27NO8/c1-20(11-24)8-3-9-21(2)17(20)16(10-15-19(26)30-12-22(15,21)27)31-18(25)13-4-6-14(7-5-13)23(28)29/h4-7,10,16-17,24,27-29H,3,8-9,11-12H2,1-2H3/t16-,17-,20+,21-,22+/m0/s1. The lowest BCUT2D eigenvalue weighted by Crippen LogP contribution is -2.65. The second-order valence-electron chi connectivity index (χ2n) is 9.28. The van der Waals surface area contributed by atoms with E-state index >= 15 is 0 Å². The molecule has 0 aromatic heterocycles. The van der Waals surface area contributed by atoms with Gasteiger partial charge in [0.05, 0.1) is 16.8 Å². The number of benzene rings is 1. The fourth-order valence-corrected chi connectivity index (χ4v) is 5.80. The van der Waals surface area contributed by atoms with Crippen molar-refractivity contribution < 1.29 is 39.7 Å². The van der Waals surface area contributed by atoms with Crippen molar-refractivity contribution in [1.82, 2.24) is 0 Å². The maximum atomic E-state index is 12.9. The summed E-state index contributed by atoms with van der Waals surface area (Å²) in [4.78, 5) is 25.3. The Balaban J connectivity index is 1.73. The van der Waals surface area contributed by atoms with Gasteiger partial charge in [0.25, 0.3) is 0 Å². The number of rotatable bonds is 4. The van der Waals surface area contributed by atoms with E-state index in [0.29, 0.717) is 12.8 Å². The molecule has 0 bridgehead atoms. The summed E-state index contributed by atoms with van der Waals surface area (Å²) in [5.41, 5.74) is -2.65. The summed E-state index contributed by atoms with van der Waals surface area (Å²) in [5.74, 6) is -1.74. The Labute approximate surface area is 179 Å². The highest BCUT2D eigenvalue weighted by Crippen LogP contribution is 2.63. The maximum absolute atomic E-state index is 12.9. The number of carbonyl (C=O) groups is 2. The van der Waals surface area contributed by atoms with Crippen molar-refractivity contribution in [3.05, 3.63) is 41.5 Å². The van der Waals surface area contributed by atoms with Crippen molar-refractivity contribution >= 4 is 17.6 Å². The number of aliphatic hydroxyl groups is 2. The third-order valence-corrected chi connectivity index (χ3v) is 7.50. The Bertz CT molecular complexity index is 928. The number of cyclic esters (lactones) is 1. The average Bonchev–Trinajstić information content (AvgIpc) is 3.04. The van der Waals surface area contributed by atoms with Crippen LogP contribution in [0.5, 0.6) is 0 Å². The van der Waals surface area contributed by atoms with E-state index in [9.17, 15) is 19.8 Å². The Morgan fingerprint density at radius 2 is 1.90 bits per heavy atom. The number of carbonyl (C=O) groups excluding carboxylic acids is 2. The summed E-state index contributed by atoms with van der Waals surface area (Å²) in [6.45, 7) is 3.45. The van der Waals surface area contributed by atoms with E-state index in [0.717, 1.165) is 6.42 Å². The van der Waals surface area contributed by atoms with Crippen LogP contribution < -0.4 is 5.23 Å². The zero-order chi connectivity index (χ0) is 22.6. The molecule has 1 saturated carbocycles. The Hall–Kier alpha value is -2.46. The molecule has 0 radical (unpaired) electrons. The van der Waals surface area contributed by atoms with E-state index in [2.05, 4.69) is 0 Å². The van der Waals surface area contributed by atoms with E-state index < -0.39 is 40.4 Å². The first kappa shape index (κ1) is 21.8. The van der Waals surface area contributed by atoms with Crippen molar-refractivity contribution in [2.75, 3.05) is 18.4 Å². The molecule has 31 heavy (non-hydrogen) atoms.